The van der Waals surface area contributed by atoms with Crippen LogP contribution in [0.4, 0.5) is 4.39 Å². The molecule has 0 saturated carbocycles. The van der Waals surface area contributed by atoms with Crippen LogP contribution < -0.4 is 10.9 Å². The van der Waals surface area contributed by atoms with Crippen molar-refractivity contribution in [3.05, 3.63) is 88.6 Å². The zero-order valence-corrected chi connectivity index (χ0v) is 14.9. The van der Waals surface area contributed by atoms with Crippen LogP contribution in [0.25, 0.3) is 22.2 Å². The van der Waals surface area contributed by atoms with Gasteiger partial charge in [0.2, 0.25) is 0 Å². The van der Waals surface area contributed by atoms with E-state index in [1.165, 1.54) is 22.9 Å². The fourth-order valence-corrected chi connectivity index (χ4v) is 3.01. The van der Waals surface area contributed by atoms with E-state index in [0.717, 1.165) is 10.9 Å². The highest BCUT2D eigenvalue weighted by atomic mass is 19.1. The zero-order chi connectivity index (χ0) is 19.5. The summed E-state index contributed by atoms with van der Waals surface area (Å²) in [5.41, 5.74) is 2.43. The topological polar surface area (TPSA) is 79.8 Å². The SMILES string of the molecule is O=C(NCCn1nc(-c2ccc(F)cc2)ccc1=O)c1c[nH]c2ccccc12. The molecule has 0 spiro atoms. The van der Waals surface area contributed by atoms with E-state index in [-0.39, 0.29) is 30.4 Å². The number of carbonyl (C=O) groups excluding carboxylic acids is 1. The number of rotatable bonds is 5. The van der Waals surface area contributed by atoms with Gasteiger partial charge in [-0.25, -0.2) is 9.07 Å². The van der Waals surface area contributed by atoms with Gasteiger partial charge in [-0.3, -0.25) is 9.59 Å². The number of benzene rings is 2. The summed E-state index contributed by atoms with van der Waals surface area (Å²) in [6.45, 7) is 0.472. The Kier molecular flexibility index (Phi) is 4.72. The number of carbonyl (C=O) groups is 1. The molecule has 7 heteroatoms. The Morgan fingerprint density at radius 3 is 2.68 bits per heavy atom. The number of H-pyrrole nitrogens is 1. The van der Waals surface area contributed by atoms with Crippen LogP contribution in [0.15, 0.2) is 71.7 Å². The molecular formula is C21H17FN4O2. The van der Waals surface area contributed by atoms with Gasteiger partial charge in [0.05, 0.1) is 17.8 Å². The van der Waals surface area contributed by atoms with Gasteiger partial charge in [-0.2, -0.15) is 5.10 Å². The van der Waals surface area contributed by atoms with E-state index >= 15 is 0 Å². The molecule has 0 atom stereocenters. The third-order valence-corrected chi connectivity index (χ3v) is 4.45. The van der Waals surface area contributed by atoms with E-state index < -0.39 is 0 Å². The van der Waals surface area contributed by atoms with Crippen LogP contribution in [-0.4, -0.2) is 27.2 Å². The molecule has 2 aromatic carbocycles. The standard InChI is InChI=1S/C21H17FN4O2/c22-15-7-5-14(6-8-15)18-9-10-20(27)26(25-18)12-11-23-21(28)17-13-24-19-4-2-1-3-16(17)19/h1-10,13,24H,11-12H2,(H,23,28). The van der Waals surface area contributed by atoms with Crippen LogP contribution in [0.5, 0.6) is 0 Å². The second kappa shape index (κ2) is 7.48. The summed E-state index contributed by atoms with van der Waals surface area (Å²) >= 11 is 0. The Hall–Kier alpha value is -3.74. The molecule has 0 radical (unpaired) electrons. The molecule has 0 bridgehead atoms. The summed E-state index contributed by atoms with van der Waals surface area (Å²) in [6.07, 6.45) is 1.67. The van der Waals surface area contributed by atoms with Crippen LogP contribution in [-0.2, 0) is 6.54 Å². The van der Waals surface area contributed by atoms with Gasteiger partial charge in [-0.05, 0) is 36.4 Å². The summed E-state index contributed by atoms with van der Waals surface area (Å²) in [7, 11) is 0. The Balaban J connectivity index is 1.46. The summed E-state index contributed by atoms with van der Waals surface area (Å²) in [6, 6.07) is 16.4. The average molecular weight is 376 g/mol. The molecule has 2 aromatic heterocycles. The van der Waals surface area contributed by atoms with E-state index in [4.69, 9.17) is 0 Å². The van der Waals surface area contributed by atoms with E-state index in [2.05, 4.69) is 15.4 Å². The summed E-state index contributed by atoms with van der Waals surface area (Å²) < 4.78 is 14.4. The summed E-state index contributed by atoms with van der Waals surface area (Å²) in [5.74, 6) is -0.558. The van der Waals surface area contributed by atoms with Crippen molar-refractivity contribution in [1.82, 2.24) is 20.1 Å². The molecule has 0 aliphatic carbocycles. The molecule has 2 N–H and O–H groups in total. The molecule has 1 amide bonds. The minimum absolute atomic E-state index is 0.222. The van der Waals surface area contributed by atoms with E-state index in [9.17, 15) is 14.0 Å². The molecule has 0 aliphatic rings. The second-order valence-corrected chi connectivity index (χ2v) is 6.29. The lowest BCUT2D eigenvalue weighted by Gasteiger charge is -2.08. The average Bonchev–Trinajstić information content (AvgIpc) is 3.14. The number of para-hydroxylation sites is 1. The van der Waals surface area contributed by atoms with E-state index in [1.807, 2.05) is 24.3 Å². The number of aromatic nitrogens is 3. The normalized spacial score (nSPS) is 10.9. The molecule has 140 valence electrons. The van der Waals surface area contributed by atoms with Crippen molar-refractivity contribution in [2.24, 2.45) is 0 Å². The van der Waals surface area contributed by atoms with E-state index in [0.29, 0.717) is 16.8 Å². The Bertz CT molecular complexity index is 1190. The number of hydrogen-bond acceptors (Lipinski definition) is 3. The number of hydrogen-bond donors (Lipinski definition) is 2. The van der Waals surface area contributed by atoms with Crippen molar-refractivity contribution >= 4 is 16.8 Å². The first-order chi connectivity index (χ1) is 13.6. The van der Waals surface area contributed by atoms with Crippen molar-refractivity contribution < 1.29 is 9.18 Å². The Labute approximate surface area is 159 Å². The van der Waals surface area contributed by atoms with Gasteiger partial charge in [0.1, 0.15) is 5.82 Å². The molecule has 0 fully saturated rings. The van der Waals surface area contributed by atoms with Gasteiger partial charge in [-0.1, -0.05) is 18.2 Å². The van der Waals surface area contributed by atoms with Crippen molar-refractivity contribution in [2.75, 3.05) is 6.54 Å². The lowest BCUT2D eigenvalue weighted by molar-refractivity contribution is 0.0953. The van der Waals surface area contributed by atoms with Gasteiger partial charge in [0.25, 0.3) is 11.5 Å². The van der Waals surface area contributed by atoms with E-state index in [1.54, 1.807) is 24.4 Å². The van der Waals surface area contributed by atoms with Crippen LogP contribution in [0, 0.1) is 5.82 Å². The predicted octanol–water partition coefficient (Wildman–Crippen LogP) is 2.96. The molecule has 0 aliphatic heterocycles. The molecule has 6 nitrogen and oxygen atoms in total. The van der Waals surface area contributed by atoms with Crippen LogP contribution >= 0.6 is 0 Å². The molecule has 0 unspecified atom stereocenters. The summed E-state index contributed by atoms with van der Waals surface area (Å²) in [4.78, 5) is 27.6. The maximum absolute atomic E-state index is 13.1. The fraction of sp³-hybridized carbons (Fsp3) is 0.0952. The Morgan fingerprint density at radius 1 is 1.07 bits per heavy atom. The second-order valence-electron chi connectivity index (χ2n) is 6.29. The van der Waals surface area contributed by atoms with Crippen molar-refractivity contribution in [3.8, 4) is 11.3 Å². The lowest BCUT2D eigenvalue weighted by atomic mass is 10.1. The smallest absolute Gasteiger partial charge is 0.266 e. The van der Waals surface area contributed by atoms with Crippen LogP contribution in [0.1, 0.15) is 10.4 Å². The monoisotopic (exact) mass is 376 g/mol. The predicted molar refractivity (Wildman–Crippen MR) is 105 cm³/mol. The molecule has 4 rings (SSSR count). The quantitative estimate of drug-likeness (QED) is 0.562. The number of amides is 1. The third kappa shape index (κ3) is 3.55. The fourth-order valence-electron chi connectivity index (χ4n) is 3.01. The highest BCUT2D eigenvalue weighted by Crippen LogP contribution is 2.17. The van der Waals surface area contributed by atoms with Crippen LogP contribution in [0.2, 0.25) is 0 Å². The minimum atomic E-state index is -0.336. The number of aromatic amines is 1. The van der Waals surface area contributed by atoms with Gasteiger partial charge >= 0.3 is 0 Å². The first kappa shape index (κ1) is 17.7. The van der Waals surface area contributed by atoms with Crippen molar-refractivity contribution in [2.45, 2.75) is 6.54 Å². The molecule has 28 heavy (non-hydrogen) atoms. The first-order valence-corrected chi connectivity index (χ1v) is 8.80. The van der Waals surface area contributed by atoms with Gasteiger partial charge in [-0.15, -0.1) is 0 Å². The highest BCUT2D eigenvalue weighted by molar-refractivity contribution is 6.06. The zero-order valence-electron chi connectivity index (χ0n) is 14.9. The lowest BCUT2D eigenvalue weighted by Crippen LogP contribution is -2.31. The molecule has 4 aromatic rings. The van der Waals surface area contributed by atoms with Crippen molar-refractivity contribution in [3.63, 3.8) is 0 Å². The minimum Gasteiger partial charge on any atom is -0.360 e. The first-order valence-electron chi connectivity index (χ1n) is 8.80. The summed E-state index contributed by atoms with van der Waals surface area (Å²) in [5, 5.41) is 7.96. The molecule has 2 heterocycles. The van der Waals surface area contributed by atoms with Gasteiger partial charge < -0.3 is 10.3 Å². The Morgan fingerprint density at radius 2 is 1.86 bits per heavy atom. The molecule has 0 saturated heterocycles. The third-order valence-electron chi connectivity index (χ3n) is 4.45. The number of nitrogens with zero attached hydrogens (tertiary/aromatic N) is 2. The maximum Gasteiger partial charge on any atom is 0.266 e. The largest absolute Gasteiger partial charge is 0.360 e. The number of fused-ring (bicyclic) bond motifs is 1. The van der Waals surface area contributed by atoms with Crippen molar-refractivity contribution in [1.29, 1.82) is 0 Å². The highest BCUT2D eigenvalue weighted by Gasteiger charge is 2.11. The molecular weight excluding hydrogens is 359 g/mol. The van der Waals surface area contributed by atoms with Crippen LogP contribution in [0.3, 0.4) is 0 Å². The van der Waals surface area contributed by atoms with Gasteiger partial charge in [0, 0.05) is 35.3 Å². The van der Waals surface area contributed by atoms with Gasteiger partial charge in [0.15, 0.2) is 0 Å². The number of halogens is 1. The maximum atomic E-state index is 13.1. The number of nitrogens with one attached hydrogen (secondary N) is 2.